The first-order chi connectivity index (χ1) is 10.2. The summed E-state index contributed by atoms with van der Waals surface area (Å²) in [5.41, 5.74) is 4.09. The molecule has 2 aromatic carbocycles. The third-order valence-corrected chi connectivity index (χ3v) is 3.61. The van der Waals surface area contributed by atoms with Crippen LogP contribution in [0.5, 0.6) is 0 Å². The van der Waals surface area contributed by atoms with Crippen LogP contribution in [0.3, 0.4) is 0 Å². The normalized spacial score (nSPS) is 10.6. The number of benzene rings is 2. The van der Waals surface area contributed by atoms with Gasteiger partial charge in [0.15, 0.2) is 0 Å². The second-order valence-corrected chi connectivity index (χ2v) is 5.17. The number of aromatic nitrogens is 2. The molecule has 3 rings (SSSR count). The number of aryl methyl sites for hydroxylation is 1. The standard InChI is InChI=1S/C16H14ClN3O/c1-11-5-6-12(7-15(11)17)9-18-14-4-2-3-13(8-14)16-20-19-10-21-16/h2-8,10,18H,9H2,1H3. The van der Waals surface area contributed by atoms with E-state index < -0.39 is 0 Å². The minimum Gasteiger partial charge on any atom is -0.423 e. The molecule has 0 spiro atoms. The average Bonchev–Trinajstić information content (AvgIpc) is 3.03. The highest BCUT2D eigenvalue weighted by Gasteiger charge is 2.04. The SMILES string of the molecule is Cc1ccc(CNc2cccc(-c3nnco3)c2)cc1Cl. The smallest absolute Gasteiger partial charge is 0.247 e. The Morgan fingerprint density at radius 3 is 2.86 bits per heavy atom. The Morgan fingerprint density at radius 1 is 1.19 bits per heavy atom. The van der Waals surface area contributed by atoms with Crippen LogP contribution >= 0.6 is 11.6 Å². The zero-order valence-electron chi connectivity index (χ0n) is 11.5. The lowest BCUT2D eigenvalue weighted by Crippen LogP contribution is -1.99. The van der Waals surface area contributed by atoms with E-state index in [4.69, 9.17) is 16.0 Å². The Balaban J connectivity index is 1.73. The summed E-state index contributed by atoms with van der Waals surface area (Å²) >= 11 is 6.13. The Kier molecular flexibility index (Phi) is 3.88. The number of nitrogens with one attached hydrogen (secondary N) is 1. The molecule has 0 radical (unpaired) electrons. The van der Waals surface area contributed by atoms with Crippen LogP contribution in [0.1, 0.15) is 11.1 Å². The Morgan fingerprint density at radius 2 is 2.10 bits per heavy atom. The van der Waals surface area contributed by atoms with Crippen molar-refractivity contribution in [2.75, 3.05) is 5.32 Å². The van der Waals surface area contributed by atoms with Crippen LogP contribution in [0.15, 0.2) is 53.3 Å². The molecule has 0 aliphatic carbocycles. The number of anilines is 1. The highest BCUT2D eigenvalue weighted by molar-refractivity contribution is 6.31. The first-order valence-corrected chi connectivity index (χ1v) is 6.96. The highest BCUT2D eigenvalue weighted by Crippen LogP contribution is 2.21. The second-order valence-electron chi connectivity index (χ2n) is 4.76. The number of hydrogen-bond donors (Lipinski definition) is 1. The van der Waals surface area contributed by atoms with Gasteiger partial charge in [-0.3, -0.25) is 0 Å². The Bertz CT molecular complexity index is 741. The van der Waals surface area contributed by atoms with Crippen LogP contribution in [0, 0.1) is 6.92 Å². The molecule has 0 amide bonds. The summed E-state index contributed by atoms with van der Waals surface area (Å²) in [6.07, 6.45) is 1.32. The fraction of sp³-hybridized carbons (Fsp3) is 0.125. The van der Waals surface area contributed by atoms with Gasteiger partial charge >= 0.3 is 0 Å². The quantitative estimate of drug-likeness (QED) is 0.780. The molecule has 0 fully saturated rings. The van der Waals surface area contributed by atoms with Gasteiger partial charge in [-0.15, -0.1) is 10.2 Å². The molecule has 0 saturated carbocycles. The van der Waals surface area contributed by atoms with Crippen molar-refractivity contribution in [3.63, 3.8) is 0 Å². The van der Waals surface area contributed by atoms with E-state index in [1.807, 2.05) is 43.3 Å². The van der Waals surface area contributed by atoms with Crippen molar-refractivity contribution in [3.8, 4) is 11.5 Å². The van der Waals surface area contributed by atoms with Crippen LogP contribution < -0.4 is 5.32 Å². The third-order valence-electron chi connectivity index (χ3n) is 3.20. The van der Waals surface area contributed by atoms with E-state index in [0.29, 0.717) is 12.4 Å². The largest absolute Gasteiger partial charge is 0.423 e. The van der Waals surface area contributed by atoms with Gasteiger partial charge in [-0.1, -0.05) is 29.8 Å². The Hall–Kier alpha value is -2.33. The molecule has 0 aliphatic rings. The van der Waals surface area contributed by atoms with Crippen LogP contribution in [0.25, 0.3) is 11.5 Å². The summed E-state index contributed by atoms with van der Waals surface area (Å²) in [7, 11) is 0. The van der Waals surface area contributed by atoms with Crippen LogP contribution in [0.4, 0.5) is 5.69 Å². The summed E-state index contributed by atoms with van der Waals surface area (Å²) in [4.78, 5) is 0. The molecule has 1 N–H and O–H groups in total. The van der Waals surface area contributed by atoms with Gasteiger partial charge in [0.05, 0.1) is 0 Å². The van der Waals surface area contributed by atoms with Crippen molar-refractivity contribution in [2.24, 2.45) is 0 Å². The predicted molar refractivity (Wildman–Crippen MR) is 83.2 cm³/mol. The average molecular weight is 300 g/mol. The van der Waals surface area contributed by atoms with Gasteiger partial charge in [0.25, 0.3) is 0 Å². The van der Waals surface area contributed by atoms with E-state index in [2.05, 4.69) is 21.6 Å². The van der Waals surface area contributed by atoms with E-state index in [-0.39, 0.29) is 0 Å². The van der Waals surface area contributed by atoms with Crippen molar-refractivity contribution >= 4 is 17.3 Å². The van der Waals surface area contributed by atoms with Gasteiger partial charge in [-0.2, -0.15) is 0 Å². The molecule has 0 atom stereocenters. The van der Waals surface area contributed by atoms with E-state index >= 15 is 0 Å². The van der Waals surface area contributed by atoms with Crippen LogP contribution in [0.2, 0.25) is 5.02 Å². The molecule has 0 unspecified atom stereocenters. The topological polar surface area (TPSA) is 51.0 Å². The minimum absolute atomic E-state index is 0.511. The monoisotopic (exact) mass is 299 g/mol. The molecule has 21 heavy (non-hydrogen) atoms. The number of halogens is 1. The first kappa shape index (κ1) is 13.6. The van der Waals surface area contributed by atoms with E-state index in [1.54, 1.807) is 0 Å². The maximum absolute atomic E-state index is 6.13. The summed E-state index contributed by atoms with van der Waals surface area (Å²) in [5.74, 6) is 0.511. The number of nitrogens with zero attached hydrogens (tertiary/aromatic N) is 2. The molecule has 0 saturated heterocycles. The minimum atomic E-state index is 0.511. The van der Waals surface area contributed by atoms with Crippen molar-refractivity contribution in [1.82, 2.24) is 10.2 Å². The van der Waals surface area contributed by atoms with Gasteiger partial charge in [-0.25, -0.2) is 0 Å². The molecule has 0 bridgehead atoms. The zero-order chi connectivity index (χ0) is 14.7. The lowest BCUT2D eigenvalue weighted by atomic mass is 10.1. The fourth-order valence-corrected chi connectivity index (χ4v) is 2.21. The summed E-state index contributed by atoms with van der Waals surface area (Å²) in [6.45, 7) is 2.70. The van der Waals surface area contributed by atoms with Crippen molar-refractivity contribution in [1.29, 1.82) is 0 Å². The number of hydrogen-bond acceptors (Lipinski definition) is 4. The highest BCUT2D eigenvalue weighted by atomic mass is 35.5. The zero-order valence-corrected chi connectivity index (χ0v) is 12.3. The van der Waals surface area contributed by atoms with Crippen LogP contribution in [-0.2, 0) is 6.54 Å². The predicted octanol–water partition coefficient (Wildman–Crippen LogP) is 4.31. The summed E-state index contributed by atoms with van der Waals surface area (Å²) in [6, 6.07) is 13.9. The van der Waals surface area contributed by atoms with Gasteiger partial charge in [0.2, 0.25) is 12.3 Å². The van der Waals surface area contributed by atoms with E-state index in [9.17, 15) is 0 Å². The van der Waals surface area contributed by atoms with Crippen molar-refractivity contribution in [3.05, 3.63) is 65.0 Å². The van der Waals surface area contributed by atoms with Gasteiger partial charge in [-0.05, 0) is 42.3 Å². The summed E-state index contributed by atoms with van der Waals surface area (Å²) < 4.78 is 5.20. The maximum atomic E-state index is 6.13. The molecule has 0 aliphatic heterocycles. The molecule has 1 heterocycles. The third kappa shape index (κ3) is 3.23. The van der Waals surface area contributed by atoms with Crippen molar-refractivity contribution < 1.29 is 4.42 Å². The van der Waals surface area contributed by atoms with E-state index in [1.165, 1.54) is 6.39 Å². The maximum Gasteiger partial charge on any atom is 0.247 e. The lowest BCUT2D eigenvalue weighted by molar-refractivity contribution is 0.568. The van der Waals surface area contributed by atoms with Crippen molar-refractivity contribution in [2.45, 2.75) is 13.5 Å². The lowest BCUT2D eigenvalue weighted by Gasteiger charge is -2.08. The molecule has 1 aromatic heterocycles. The first-order valence-electron chi connectivity index (χ1n) is 6.58. The number of rotatable bonds is 4. The van der Waals surface area contributed by atoms with Gasteiger partial charge in [0.1, 0.15) is 0 Å². The van der Waals surface area contributed by atoms with Gasteiger partial charge < -0.3 is 9.73 Å². The molecular weight excluding hydrogens is 286 g/mol. The molecule has 5 heteroatoms. The Labute approximate surface area is 127 Å². The molecule has 3 aromatic rings. The fourth-order valence-electron chi connectivity index (χ4n) is 2.01. The second kappa shape index (κ2) is 5.97. The van der Waals surface area contributed by atoms with Crippen LogP contribution in [-0.4, -0.2) is 10.2 Å². The molecule has 106 valence electrons. The molecular formula is C16H14ClN3O. The van der Waals surface area contributed by atoms with Gasteiger partial charge in [0, 0.05) is 22.8 Å². The van der Waals surface area contributed by atoms with E-state index in [0.717, 1.165) is 27.4 Å². The molecule has 4 nitrogen and oxygen atoms in total. The summed E-state index contributed by atoms with van der Waals surface area (Å²) in [5, 5.41) is 11.7.